The second kappa shape index (κ2) is 4.42. The summed E-state index contributed by atoms with van der Waals surface area (Å²) < 4.78 is 4.91. The summed E-state index contributed by atoms with van der Waals surface area (Å²) in [5.41, 5.74) is 5.75. The summed E-state index contributed by atoms with van der Waals surface area (Å²) in [7, 11) is 0. The zero-order valence-electron chi connectivity index (χ0n) is 7.38. The first kappa shape index (κ1) is 9.48. The molecule has 0 radical (unpaired) electrons. The number of ether oxygens (including phenoxy) is 1. The van der Waals surface area contributed by atoms with Crippen LogP contribution in [0, 0.1) is 5.92 Å². The highest BCUT2D eigenvalue weighted by Crippen LogP contribution is 2.12. The average Bonchev–Trinajstić information content (AvgIpc) is 2.05. The molecule has 0 amide bonds. The Labute approximate surface area is 72.5 Å². The van der Waals surface area contributed by atoms with Crippen LogP contribution in [0.4, 0.5) is 0 Å². The Hall–Kier alpha value is -0.610. The largest absolute Gasteiger partial charge is 0.466 e. The van der Waals surface area contributed by atoms with Crippen LogP contribution in [0.2, 0.25) is 0 Å². The quantitative estimate of drug-likeness (QED) is 0.550. The molecule has 4 nitrogen and oxygen atoms in total. The van der Waals surface area contributed by atoms with Gasteiger partial charge in [0.05, 0.1) is 12.5 Å². The second-order valence-corrected chi connectivity index (χ2v) is 3.02. The van der Waals surface area contributed by atoms with E-state index in [-0.39, 0.29) is 17.9 Å². The van der Waals surface area contributed by atoms with Crippen molar-refractivity contribution < 1.29 is 9.53 Å². The Morgan fingerprint density at radius 3 is 3.08 bits per heavy atom. The van der Waals surface area contributed by atoms with Crippen molar-refractivity contribution in [3.8, 4) is 0 Å². The van der Waals surface area contributed by atoms with E-state index in [0.717, 1.165) is 13.0 Å². The second-order valence-electron chi connectivity index (χ2n) is 3.02. The highest BCUT2D eigenvalue weighted by Gasteiger charge is 2.28. The van der Waals surface area contributed by atoms with Crippen LogP contribution in [0.3, 0.4) is 0 Å². The van der Waals surface area contributed by atoms with Gasteiger partial charge < -0.3 is 15.8 Å². The molecule has 12 heavy (non-hydrogen) atoms. The summed E-state index contributed by atoms with van der Waals surface area (Å²) in [6.07, 6.45) is 0.792. The van der Waals surface area contributed by atoms with Gasteiger partial charge in [0.25, 0.3) is 0 Å². The molecule has 1 rings (SSSR count). The SMILES string of the molecule is CCOC(=O)C1CCNCC1N. The smallest absolute Gasteiger partial charge is 0.310 e. The van der Waals surface area contributed by atoms with Crippen molar-refractivity contribution in [3.63, 3.8) is 0 Å². The molecule has 0 aliphatic carbocycles. The van der Waals surface area contributed by atoms with Crippen molar-refractivity contribution >= 4 is 5.97 Å². The van der Waals surface area contributed by atoms with Crippen LogP contribution in [0.1, 0.15) is 13.3 Å². The van der Waals surface area contributed by atoms with Gasteiger partial charge in [-0.05, 0) is 19.9 Å². The fourth-order valence-corrected chi connectivity index (χ4v) is 1.42. The topological polar surface area (TPSA) is 64.3 Å². The molecule has 3 N–H and O–H groups in total. The summed E-state index contributed by atoms with van der Waals surface area (Å²) >= 11 is 0. The lowest BCUT2D eigenvalue weighted by Gasteiger charge is -2.27. The normalized spacial score (nSPS) is 29.8. The third-order valence-corrected chi connectivity index (χ3v) is 2.12. The van der Waals surface area contributed by atoms with E-state index in [0.29, 0.717) is 13.2 Å². The zero-order valence-corrected chi connectivity index (χ0v) is 7.38. The van der Waals surface area contributed by atoms with E-state index in [9.17, 15) is 4.79 Å². The number of nitrogens with one attached hydrogen (secondary N) is 1. The summed E-state index contributed by atoms with van der Waals surface area (Å²) in [5.74, 6) is -0.252. The van der Waals surface area contributed by atoms with Crippen LogP contribution in [-0.4, -0.2) is 31.7 Å². The first-order valence-electron chi connectivity index (χ1n) is 4.38. The van der Waals surface area contributed by atoms with Gasteiger partial charge >= 0.3 is 5.97 Å². The maximum Gasteiger partial charge on any atom is 0.310 e. The highest BCUT2D eigenvalue weighted by molar-refractivity contribution is 5.73. The lowest BCUT2D eigenvalue weighted by Crippen LogP contribution is -2.49. The maximum absolute atomic E-state index is 11.3. The van der Waals surface area contributed by atoms with Gasteiger partial charge in [-0.3, -0.25) is 4.79 Å². The minimum atomic E-state index is -0.147. The molecule has 0 aromatic rings. The molecule has 1 heterocycles. The predicted molar refractivity (Wildman–Crippen MR) is 45.6 cm³/mol. The van der Waals surface area contributed by atoms with E-state index < -0.39 is 0 Å². The van der Waals surface area contributed by atoms with Crippen LogP contribution >= 0.6 is 0 Å². The van der Waals surface area contributed by atoms with Crippen molar-refractivity contribution in [2.75, 3.05) is 19.7 Å². The Bertz CT molecular complexity index is 161. The fraction of sp³-hybridized carbons (Fsp3) is 0.875. The van der Waals surface area contributed by atoms with Crippen LogP contribution in [-0.2, 0) is 9.53 Å². The van der Waals surface area contributed by atoms with Crippen molar-refractivity contribution in [1.29, 1.82) is 0 Å². The molecule has 0 bridgehead atoms. The number of carbonyl (C=O) groups is 1. The first-order chi connectivity index (χ1) is 5.75. The standard InChI is InChI=1S/C8H16N2O2/c1-2-12-8(11)6-3-4-10-5-7(6)9/h6-7,10H,2-5,9H2,1H3. The molecular weight excluding hydrogens is 156 g/mol. The summed E-state index contributed by atoms with van der Waals surface area (Å²) in [4.78, 5) is 11.3. The van der Waals surface area contributed by atoms with Gasteiger partial charge in [-0.25, -0.2) is 0 Å². The lowest BCUT2D eigenvalue weighted by atomic mass is 9.94. The predicted octanol–water partition coefficient (Wildman–Crippen LogP) is -0.514. The van der Waals surface area contributed by atoms with Crippen LogP contribution < -0.4 is 11.1 Å². The van der Waals surface area contributed by atoms with Crippen LogP contribution in [0.25, 0.3) is 0 Å². The van der Waals surface area contributed by atoms with Gasteiger partial charge in [0, 0.05) is 12.6 Å². The Kier molecular flexibility index (Phi) is 3.49. The molecule has 0 aromatic heterocycles. The molecule has 0 aromatic carbocycles. The number of nitrogens with two attached hydrogens (primary N) is 1. The minimum absolute atomic E-state index is 0.0854. The number of piperidine rings is 1. The number of hydrogen-bond acceptors (Lipinski definition) is 4. The Morgan fingerprint density at radius 2 is 2.50 bits per heavy atom. The van der Waals surface area contributed by atoms with E-state index in [1.807, 2.05) is 6.92 Å². The zero-order chi connectivity index (χ0) is 8.97. The van der Waals surface area contributed by atoms with Gasteiger partial charge in [-0.2, -0.15) is 0 Å². The average molecular weight is 172 g/mol. The van der Waals surface area contributed by atoms with Gasteiger partial charge in [-0.15, -0.1) is 0 Å². The molecule has 4 heteroatoms. The van der Waals surface area contributed by atoms with Crippen molar-refractivity contribution in [2.45, 2.75) is 19.4 Å². The van der Waals surface area contributed by atoms with Gasteiger partial charge in [-0.1, -0.05) is 0 Å². The third-order valence-electron chi connectivity index (χ3n) is 2.12. The first-order valence-corrected chi connectivity index (χ1v) is 4.38. The summed E-state index contributed by atoms with van der Waals surface area (Å²) in [5, 5.41) is 3.13. The fourth-order valence-electron chi connectivity index (χ4n) is 1.42. The Balaban J connectivity index is 2.42. The molecule has 2 unspecified atom stereocenters. The van der Waals surface area contributed by atoms with E-state index in [1.165, 1.54) is 0 Å². The minimum Gasteiger partial charge on any atom is -0.466 e. The molecule has 1 fully saturated rings. The maximum atomic E-state index is 11.3. The van der Waals surface area contributed by atoms with Crippen molar-refractivity contribution in [1.82, 2.24) is 5.32 Å². The highest BCUT2D eigenvalue weighted by atomic mass is 16.5. The number of hydrogen-bond donors (Lipinski definition) is 2. The van der Waals surface area contributed by atoms with E-state index in [2.05, 4.69) is 5.32 Å². The lowest BCUT2D eigenvalue weighted by molar-refractivity contribution is -0.149. The van der Waals surface area contributed by atoms with Gasteiger partial charge in [0.2, 0.25) is 0 Å². The molecule has 1 saturated heterocycles. The van der Waals surface area contributed by atoms with E-state index in [4.69, 9.17) is 10.5 Å². The van der Waals surface area contributed by atoms with Crippen LogP contribution in [0.5, 0.6) is 0 Å². The molecule has 1 aliphatic rings. The number of rotatable bonds is 2. The van der Waals surface area contributed by atoms with Crippen molar-refractivity contribution in [2.24, 2.45) is 11.7 Å². The number of carbonyl (C=O) groups excluding carboxylic acids is 1. The monoisotopic (exact) mass is 172 g/mol. The van der Waals surface area contributed by atoms with E-state index >= 15 is 0 Å². The summed E-state index contributed by atoms with van der Waals surface area (Å²) in [6, 6.07) is -0.0854. The molecule has 2 atom stereocenters. The number of esters is 1. The van der Waals surface area contributed by atoms with Crippen molar-refractivity contribution in [3.05, 3.63) is 0 Å². The van der Waals surface area contributed by atoms with Gasteiger partial charge in [0.1, 0.15) is 0 Å². The van der Waals surface area contributed by atoms with Crippen LogP contribution in [0.15, 0.2) is 0 Å². The molecule has 70 valence electrons. The van der Waals surface area contributed by atoms with E-state index in [1.54, 1.807) is 0 Å². The molecule has 0 spiro atoms. The Morgan fingerprint density at radius 1 is 1.75 bits per heavy atom. The molecule has 0 saturated carbocycles. The molecule has 1 aliphatic heterocycles. The molecular formula is C8H16N2O2. The van der Waals surface area contributed by atoms with Gasteiger partial charge in [0.15, 0.2) is 0 Å². The summed E-state index contributed by atoms with van der Waals surface area (Å²) in [6.45, 7) is 3.82. The third kappa shape index (κ3) is 2.19.